The summed E-state index contributed by atoms with van der Waals surface area (Å²) in [6, 6.07) is 15.0. The molecule has 2 aromatic heterocycles. The van der Waals surface area contributed by atoms with Crippen molar-refractivity contribution in [3.63, 3.8) is 0 Å². The second-order valence-electron chi connectivity index (χ2n) is 7.96. The van der Waals surface area contributed by atoms with Crippen LogP contribution in [0.25, 0.3) is 33.1 Å². The van der Waals surface area contributed by atoms with E-state index in [1.165, 1.54) is 18.4 Å². The number of carbonyl (C=O) groups is 2. The fraction of sp³-hybridized carbons (Fsp3) is 0.0769. The number of rotatable bonds is 7. The molecule has 0 fully saturated rings. The summed E-state index contributed by atoms with van der Waals surface area (Å²) in [5, 5.41) is 10.1. The fourth-order valence-corrected chi connectivity index (χ4v) is 4.32. The van der Waals surface area contributed by atoms with E-state index in [1.54, 1.807) is 47.0 Å². The van der Waals surface area contributed by atoms with Gasteiger partial charge in [0.1, 0.15) is 23.1 Å². The molecule has 0 aliphatic heterocycles. The van der Waals surface area contributed by atoms with Crippen LogP contribution in [-0.2, 0) is 11.3 Å². The third-order valence-electron chi connectivity index (χ3n) is 5.64. The van der Waals surface area contributed by atoms with E-state index in [2.05, 4.69) is 0 Å². The van der Waals surface area contributed by atoms with Crippen LogP contribution in [0.4, 0.5) is 8.78 Å². The van der Waals surface area contributed by atoms with Gasteiger partial charge < -0.3 is 24.6 Å². The zero-order valence-electron chi connectivity index (χ0n) is 18.1. The van der Waals surface area contributed by atoms with E-state index in [1.807, 2.05) is 0 Å². The number of carboxylic acids is 1. The lowest BCUT2D eigenvalue weighted by Gasteiger charge is -2.11. The van der Waals surface area contributed by atoms with Crippen molar-refractivity contribution in [1.82, 2.24) is 4.57 Å². The highest BCUT2D eigenvalue weighted by Gasteiger charge is 2.22. The number of primary amides is 1. The molecule has 0 aliphatic rings. The van der Waals surface area contributed by atoms with Crippen molar-refractivity contribution in [2.45, 2.75) is 6.54 Å². The van der Waals surface area contributed by atoms with Gasteiger partial charge in [0.15, 0.2) is 6.61 Å². The standard InChI is InChI=1S/C26H18F2N2O5/c27-16-7-14(8-17(28)11-16)12-30-19-4-1-3-18(26(29)33)24(19)25-20(30)9-15(21-5-2-6-34-21)10-22(25)35-13-23(31)32/h1-11H,12-13H2,(H2,29,33)(H,31,32). The SMILES string of the molecule is NC(=O)c1cccc2c1c1c(OCC(=O)O)cc(-c3ccco3)cc1n2Cc1cc(F)cc(F)c1. The van der Waals surface area contributed by atoms with Crippen molar-refractivity contribution >= 4 is 33.7 Å². The molecule has 0 unspecified atom stereocenters. The molecular formula is C26H18F2N2O5. The molecule has 0 saturated carbocycles. The Labute approximate surface area is 196 Å². The second-order valence-corrected chi connectivity index (χ2v) is 7.96. The van der Waals surface area contributed by atoms with Crippen molar-refractivity contribution in [3.8, 4) is 17.1 Å². The third kappa shape index (κ3) is 4.08. The molecule has 0 spiro atoms. The van der Waals surface area contributed by atoms with Crippen molar-refractivity contribution < 1.29 is 32.6 Å². The highest BCUT2D eigenvalue weighted by molar-refractivity contribution is 6.20. The molecule has 35 heavy (non-hydrogen) atoms. The van der Waals surface area contributed by atoms with Gasteiger partial charge in [-0.3, -0.25) is 4.79 Å². The first-order valence-electron chi connectivity index (χ1n) is 10.5. The predicted molar refractivity (Wildman–Crippen MR) is 124 cm³/mol. The quantitative estimate of drug-likeness (QED) is 0.346. The maximum atomic E-state index is 13.9. The molecule has 3 aromatic carbocycles. The fourth-order valence-electron chi connectivity index (χ4n) is 4.32. The first kappa shape index (κ1) is 22.1. The molecule has 0 saturated heterocycles. The number of furan rings is 1. The Kier molecular flexibility index (Phi) is 5.44. The van der Waals surface area contributed by atoms with Crippen LogP contribution in [0.1, 0.15) is 15.9 Å². The lowest BCUT2D eigenvalue weighted by Crippen LogP contribution is -2.11. The van der Waals surface area contributed by atoms with E-state index in [0.29, 0.717) is 38.7 Å². The maximum Gasteiger partial charge on any atom is 0.341 e. The Bertz CT molecular complexity index is 1590. The first-order chi connectivity index (χ1) is 16.8. The maximum absolute atomic E-state index is 13.9. The molecule has 5 rings (SSSR count). The molecule has 9 heteroatoms. The molecule has 0 atom stereocenters. The summed E-state index contributed by atoms with van der Waals surface area (Å²) in [4.78, 5) is 23.6. The zero-order valence-corrected chi connectivity index (χ0v) is 18.1. The summed E-state index contributed by atoms with van der Waals surface area (Å²) in [5.74, 6) is -2.63. The molecular weight excluding hydrogens is 458 g/mol. The minimum atomic E-state index is -1.18. The summed E-state index contributed by atoms with van der Waals surface area (Å²) in [6.45, 7) is -0.575. The van der Waals surface area contributed by atoms with E-state index in [9.17, 15) is 23.5 Å². The average Bonchev–Trinajstić information content (AvgIpc) is 3.44. The lowest BCUT2D eigenvalue weighted by atomic mass is 10.0. The summed E-state index contributed by atoms with van der Waals surface area (Å²) in [5.41, 5.74) is 7.87. The highest BCUT2D eigenvalue weighted by Crippen LogP contribution is 2.41. The number of carboxylic acid groups (broad SMARTS) is 1. The Morgan fingerprint density at radius 1 is 0.971 bits per heavy atom. The number of amides is 1. The van der Waals surface area contributed by atoms with Gasteiger partial charge in [0.25, 0.3) is 0 Å². The van der Waals surface area contributed by atoms with Gasteiger partial charge in [-0.25, -0.2) is 13.6 Å². The van der Waals surface area contributed by atoms with Gasteiger partial charge in [-0.15, -0.1) is 0 Å². The third-order valence-corrected chi connectivity index (χ3v) is 5.64. The van der Waals surface area contributed by atoms with Crippen LogP contribution in [0.2, 0.25) is 0 Å². The number of aromatic nitrogens is 1. The monoisotopic (exact) mass is 476 g/mol. The molecule has 3 N–H and O–H groups in total. The summed E-state index contributed by atoms with van der Waals surface area (Å²) >= 11 is 0. The van der Waals surface area contributed by atoms with Gasteiger partial charge in [0.05, 0.1) is 22.7 Å². The van der Waals surface area contributed by atoms with E-state index >= 15 is 0 Å². The van der Waals surface area contributed by atoms with Crippen molar-refractivity contribution in [2.24, 2.45) is 5.73 Å². The number of nitrogens with two attached hydrogens (primary N) is 1. The summed E-state index contributed by atoms with van der Waals surface area (Å²) in [6.07, 6.45) is 1.49. The van der Waals surface area contributed by atoms with Gasteiger partial charge in [-0.1, -0.05) is 6.07 Å². The first-order valence-corrected chi connectivity index (χ1v) is 10.5. The number of fused-ring (bicyclic) bond motifs is 3. The van der Waals surface area contributed by atoms with Crippen LogP contribution in [0.5, 0.6) is 5.75 Å². The molecule has 7 nitrogen and oxygen atoms in total. The molecule has 0 radical (unpaired) electrons. The molecule has 1 amide bonds. The summed E-state index contributed by atoms with van der Waals surface area (Å²) < 4.78 is 40.8. The van der Waals surface area contributed by atoms with Crippen molar-refractivity contribution in [1.29, 1.82) is 0 Å². The Morgan fingerprint density at radius 3 is 2.40 bits per heavy atom. The van der Waals surface area contributed by atoms with Gasteiger partial charge in [-0.2, -0.15) is 0 Å². The van der Waals surface area contributed by atoms with Crippen molar-refractivity contribution in [2.75, 3.05) is 6.61 Å². The number of nitrogens with zero attached hydrogens (tertiary/aromatic N) is 1. The number of ether oxygens (including phenoxy) is 1. The van der Waals surface area contributed by atoms with E-state index in [0.717, 1.165) is 6.07 Å². The van der Waals surface area contributed by atoms with E-state index in [-0.39, 0.29) is 17.9 Å². The number of aliphatic carboxylic acids is 1. The predicted octanol–water partition coefficient (Wildman–Crippen LogP) is 4.94. The average molecular weight is 476 g/mol. The van der Waals surface area contributed by atoms with Gasteiger partial charge >= 0.3 is 5.97 Å². The zero-order chi connectivity index (χ0) is 24.7. The molecule has 2 heterocycles. The van der Waals surface area contributed by atoms with Crippen LogP contribution in [-0.4, -0.2) is 28.2 Å². The van der Waals surface area contributed by atoms with Crippen LogP contribution in [0, 0.1) is 11.6 Å². The number of carbonyl (C=O) groups excluding carboxylic acids is 1. The smallest absolute Gasteiger partial charge is 0.341 e. The minimum Gasteiger partial charge on any atom is -0.481 e. The molecule has 5 aromatic rings. The number of hydrogen-bond donors (Lipinski definition) is 2. The lowest BCUT2D eigenvalue weighted by molar-refractivity contribution is -0.139. The van der Waals surface area contributed by atoms with Gasteiger partial charge in [-0.05, 0) is 54.1 Å². The van der Waals surface area contributed by atoms with Crippen LogP contribution < -0.4 is 10.5 Å². The van der Waals surface area contributed by atoms with Crippen molar-refractivity contribution in [3.05, 3.63) is 89.7 Å². The largest absolute Gasteiger partial charge is 0.481 e. The minimum absolute atomic E-state index is 0.0525. The topological polar surface area (TPSA) is 108 Å². The molecule has 176 valence electrons. The highest BCUT2D eigenvalue weighted by atomic mass is 19.1. The Morgan fingerprint density at radius 2 is 1.74 bits per heavy atom. The van der Waals surface area contributed by atoms with Gasteiger partial charge in [0.2, 0.25) is 5.91 Å². The van der Waals surface area contributed by atoms with E-state index < -0.39 is 30.1 Å². The van der Waals surface area contributed by atoms with Gasteiger partial charge in [0, 0.05) is 29.1 Å². The Hall–Kier alpha value is -4.66. The van der Waals surface area contributed by atoms with Crippen LogP contribution in [0.15, 0.2) is 71.3 Å². The van der Waals surface area contributed by atoms with Crippen LogP contribution in [0.3, 0.4) is 0 Å². The molecule has 0 aliphatic carbocycles. The normalized spacial score (nSPS) is 11.3. The number of halogens is 2. The number of benzene rings is 3. The Balaban J connectivity index is 1.87. The van der Waals surface area contributed by atoms with E-state index in [4.69, 9.17) is 14.9 Å². The second kappa shape index (κ2) is 8.60. The molecule has 0 bridgehead atoms. The number of hydrogen-bond acceptors (Lipinski definition) is 4. The van der Waals surface area contributed by atoms with Crippen LogP contribution >= 0.6 is 0 Å². The summed E-state index contributed by atoms with van der Waals surface area (Å²) in [7, 11) is 0.